The van der Waals surface area contributed by atoms with Crippen LogP contribution in [0.15, 0.2) is 218 Å². The highest BCUT2D eigenvalue weighted by molar-refractivity contribution is 6.01. The third kappa shape index (κ3) is 5.85. The molecule has 0 amide bonds. The molecule has 0 bridgehead atoms. The molecule has 4 heteroatoms. The number of anilines is 6. The number of ether oxygens (including phenoxy) is 2. The zero-order valence-corrected chi connectivity index (χ0v) is 32.5. The fourth-order valence-corrected chi connectivity index (χ4v) is 8.83. The van der Waals surface area contributed by atoms with Crippen molar-refractivity contribution in [1.82, 2.24) is 0 Å². The van der Waals surface area contributed by atoms with Crippen LogP contribution in [0.3, 0.4) is 0 Å². The summed E-state index contributed by atoms with van der Waals surface area (Å²) in [4.78, 5) is 4.62. The van der Waals surface area contributed by atoms with E-state index in [0.29, 0.717) is 11.5 Å². The van der Waals surface area contributed by atoms with E-state index in [9.17, 15) is 0 Å². The van der Waals surface area contributed by atoms with E-state index in [2.05, 4.69) is 216 Å². The Labute approximate surface area is 347 Å². The third-order valence-corrected chi connectivity index (χ3v) is 11.7. The summed E-state index contributed by atoms with van der Waals surface area (Å²) in [5.74, 6) is 2.77. The van der Waals surface area contributed by atoms with Gasteiger partial charge in [-0.2, -0.15) is 0 Å². The molecule has 0 N–H and O–H groups in total. The first-order chi connectivity index (χ1) is 29.7. The van der Waals surface area contributed by atoms with Crippen molar-refractivity contribution in [2.75, 3.05) is 9.80 Å². The first-order valence-electron chi connectivity index (χ1n) is 20.3. The van der Waals surface area contributed by atoms with Gasteiger partial charge in [0, 0.05) is 34.9 Å². The standard InChI is InChI=1S/C56H36N2O2/c1-5-14-41-30-46(24-20-37(41)10-1)57(47-25-21-38-11-2-6-15-42(38)31-47)50-28-29-52-54(35-50)60-53-19-9-18-45-34-51(36-55(59-52)56(45)53)58(48-26-22-39-12-3-7-16-43(39)32-48)49-27-23-40-13-4-8-17-44(40)33-49/h1-36H. The van der Waals surface area contributed by atoms with Crippen LogP contribution in [-0.4, -0.2) is 0 Å². The summed E-state index contributed by atoms with van der Waals surface area (Å²) in [6.45, 7) is 0. The van der Waals surface area contributed by atoms with Gasteiger partial charge in [0.25, 0.3) is 0 Å². The maximum absolute atomic E-state index is 6.97. The van der Waals surface area contributed by atoms with Crippen LogP contribution in [0.2, 0.25) is 0 Å². The molecule has 11 aromatic rings. The summed E-state index contributed by atoms with van der Waals surface area (Å²) in [5.41, 5.74) is 6.17. The molecule has 12 rings (SSSR count). The van der Waals surface area contributed by atoms with Crippen LogP contribution in [0.25, 0.3) is 53.9 Å². The summed E-state index contributed by atoms with van der Waals surface area (Å²) in [6.07, 6.45) is 0. The van der Waals surface area contributed by atoms with Crippen molar-refractivity contribution in [3.8, 4) is 23.0 Å². The predicted octanol–water partition coefficient (Wildman–Crippen LogP) is 16.3. The highest BCUT2D eigenvalue weighted by Gasteiger charge is 2.24. The second-order valence-corrected chi connectivity index (χ2v) is 15.4. The summed E-state index contributed by atoms with van der Waals surface area (Å²) < 4.78 is 13.8. The van der Waals surface area contributed by atoms with E-state index in [1.807, 2.05) is 12.1 Å². The molecule has 282 valence electrons. The minimum absolute atomic E-state index is 0.644. The SMILES string of the molecule is c1ccc2cc(N(c3ccc4c(c3)Oc3cccc5cc(N(c6ccc7ccccc7c6)c6ccc7ccccc7c6)cc(c35)O4)c3ccc4ccccc4c3)ccc2c1. The van der Waals surface area contributed by atoms with Gasteiger partial charge in [0.15, 0.2) is 11.5 Å². The molecule has 0 aliphatic carbocycles. The lowest BCUT2D eigenvalue weighted by Crippen LogP contribution is -2.10. The lowest BCUT2D eigenvalue weighted by molar-refractivity contribution is 0.439. The molecule has 4 nitrogen and oxygen atoms in total. The zero-order valence-electron chi connectivity index (χ0n) is 32.5. The maximum Gasteiger partial charge on any atom is 0.172 e. The van der Waals surface area contributed by atoms with Gasteiger partial charge in [0.05, 0.1) is 16.8 Å². The molecular weight excluding hydrogens is 733 g/mol. The number of hydrogen-bond donors (Lipinski definition) is 0. The molecule has 11 aromatic carbocycles. The van der Waals surface area contributed by atoms with Crippen molar-refractivity contribution in [3.05, 3.63) is 218 Å². The second kappa shape index (κ2) is 13.8. The normalized spacial score (nSPS) is 11.9. The van der Waals surface area contributed by atoms with Gasteiger partial charge in [-0.25, -0.2) is 0 Å². The molecule has 1 heterocycles. The molecule has 60 heavy (non-hydrogen) atoms. The van der Waals surface area contributed by atoms with Crippen LogP contribution in [-0.2, 0) is 0 Å². The largest absolute Gasteiger partial charge is 0.453 e. The Morgan fingerprint density at radius 1 is 0.217 bits per heavy atom. The maximum atomic E-state index is 6.97. The molecular formula is C56H36N2O2. The zero-order chi connectivity index (χ0) is 39.6. The average Bonchev–Trinajstić information content (AvgIpc) is 3.46. The number of nitrogens with zero attached hydrogens (tertiary/aromatic N) is 2. The summed E-state index contributed by atoms with van der Waals surface area (Å²) in [5, 5.41) is 11.5. The van der Waals surface area contributed by atoms with Crippen LogP contribution in [0.4, 0.5) is 34.1 Å². The van der Waals surface area contributed by atoms with Crippen LogP contribution in [0.1, 0.15) is 0 Å². The van der Waals surface area contributed by atoms with Crippen LogP contribution in [0, 0.1) is 0 Å². The number of benzene rings is 11. The smallest absolute Gasteiger partial charge is 0.172 e. The van der Waals surface area contributed by atoms with Gasteiger partial charge < -0.3 is 19.3 Å². The quantitative estimate of drug-likeness (QED) is 0.168. The van der Waals surface area contributed by atoms with Gasteiger partial charge in [-0.3, -0.25) is 0 Å². The average molecular weight is 769 g/mol. The predicted molar refractivity (Wildman–Crippen MR) is 250 cm³/mol. The van der Waals surface area contributed by atoms with Gasteiger partial charge in [-0.15, -0.1) is 0 Å². The number of hydrogen-bond acceptors (Lipinski definition) is 4. The first-order valence-corrected chi connectivity index (χ1v) is 20.3. The van der Waals surface area contributed by atoms with Crippen LogP contribution >= 0.6 is 0 Å². The Kier molecular flexibility index (Phi) is 7.82. The van der Waals surface area contributed by atoms with Crippen molar-refractivity contribution < 1.29 is 9.47 Å². The monoisotopic (exact) mass is 768 g/mol. The molecule has 1 aliphatic heterocycles. The van der Waals surface area contributed by atoms with E-state index in [4.69, 9.17) is 9.47 Å². The molecule has 0 saturated carbocycles. The molecule has 0 fully saturated rings. The van der Waals surface area contributed by atoms with Gasteiger partial charge in [0.2, 0.25) is 0 Å². The molecule has 0 spiro atoms. The van der Waals surface area contributed by atoms with E-state index >= 15 is 0 Å². The van der Waals surface area contributed by atoms with Crippen molar-refractivity contribution >= 4 is 88.0 Å². The third-order valence-electron chi connectivity index (χ3n) is 11.7. The fraction of sp³-hybridized carbons (Fsp3) is 0. The summed E-state index contributed by atoms with van der Waals surface area (Å²) in [7, 11) is 0. The topological polar surface area (TPSA) is 24.9 Å². The Balaban J connectivity index is 0.999. The first kappa shape index (κ1) is 34.0. The highest BCUT2D eigenvalue weighted by atomic mass is 16.5. The summed E-state index contributed by atoms with van der Waals surface area (Å²) >= 11 is 0. The van der Waals surface area contributed by atoms with Crippen LogP contribution < -0.4 is 19.3 Å². The van der Waals surface area contributed by atoms with Gasteiger partial charge in [-0.1, -0.05) is 133 Å². The molecule has 0 aromatic heterocycles. The fourth-order valence-electron chi connectivity index (χ4n) is 8.83. The van der Waals surface area contributed by atoms with Gasteiger partial charge in [-0.05, 0) is 121 Å². The number of rotatable bonds is 6. The lowest BCUT2D eigenvalue weighted by atomic mass is 10.0. The Morgan fingerprint density at radius 3 is 1.05 bits per heavy atom. The minimum atomic E-state index is 0.644. The molecule has 0 unspecified atom stereocenters. The van der Waals surface area contributed by atoms with Crippen molar-refractivity contribution in [3.63, 3.8) is 0 Å². The Morgan fingerprint density at radius 2 is 0.567 bits per heavy atom. The molecule has 0 radical (unpaired) electrons. The lowest BCUT2D eigenvalue weighted by Gasteiger charge is -2.27. The van der Waals surface area contributed by atoms with Crippen molar-refractivity contribution in [2.24, 2.45) is 0 Å². The van der Waals surface area contributed by atoms with E-state index in [1.54, 1.807) is 0 Å². The van der Waals surface area contributed by atoms with E-state index < -0.39 is 0 Å². The van der Waals surface area contributed by atoms with E-state index in [-0.39, 0.29) is 0 Å². The van der Waals surface area contributed by atoms with Gasteiger partial charge >= 0.3 is 0 Å². The Hall–Kier alpha value is -8.08. The second-order valence-electron chi connectivity index (χ2n) is 15.4. The summed E-state index contributed by atoms with van der Waals surface area (Å²) in [6, 6.07) is 77.5. The van der Waals surface area contributed by atoms with Crippen LogP contribution in [0.5, 0.6) is 23.0 Å². The molecule has 0 atom stereocenters. The van der Waals surface area contributed by atoms with Gasteiger partial charge in [0.1, 0.15) is 11.5 Å². The molecule has 0 saturated heterocycles. The molecule has 1 aliphatic rings. The van der Waals surface area contributed by atoms with E-state index in [1.165, 1.54) is 43.1 Å². The van der Waals surface area contributed by atoms with E-state index in [0.717, 1.165) is 56.4 Å². The number of fused-ring (bicyclic) bond motifs is 5. The minimum Gasteiger partial charge on any atom is -0.453 e. The van der Waals surface area contributed by atoms with Crippen molar-refractivity contribution in [2.45, 2.75) is 0 Å². The highest BCUT2D eigenvalue weighted by Crippen LogP contribution is 2.51. The Bertz CT molecular complexity index is 3330. The van der Waals surface area contributed by atoms with Crippen molar-refractivity contribution in [1.29, 1.82) is 0 Å².